The number of nitrogens with two attached hydrogens (primary N) is 1. The molecule has 1 atom stereocenters. The Morgan fingerprint density at radius 2 is 1.77 bits per heavy atom. The van der Waals surface area contributed by atoms with Gasteiger partial charge in [0, 0.05) is 0 Å². The Hall–Kier alpha value is -1.76. The largest absolute Gasteiger partial charge is 0.395 e. The van der Waals surface area contributed by atoms with Gasteiger partial charge in [-0.3, -0.25) is 14.4 Å². The van der Waals surface area contributed by atoms with E-state index >= 15 is 0 Å². The van der Waals surface area contributed by atoms with Gasteiger partial charge in [-0.25, -0.2) is 4.79 Å². The van der Waals surface area contributed by atoms with Crippen molar-refractivity contribution in [3.63, 3.8) is 0 Å². The lowest BCUT2D eigenvalue weighted by atomic mass is 10.2. The first-order valence-corrected chi connectivity index (χ1v) is 3.14. The molecule has 0 rings (SSSR count). The van der Waals surface area contributed by atoms with Crippen LogP contribution in [0.3, 0.4) is 0 Å². The Kier molecular flexibility index (Phi) is 5.05. The summed E-state index contributed by atoms with van der Waals surface area (Å²) in [6.45, 7) is -0.187. The third-order valence-electron chi connectivity index (χ3n) is 1.03. The molecule has 0 bridgehead atoms. The van der Waals surface area contributed by atoms with E-state index in [-0.39, 0.29) is 12.9 Å². The van der Waals surface area contributed by atoms with Crippen LogP contribution in [0.25, 0.3) is 0 Å². The number of carbonyl (C=O) groups excluding carboxylic acids is 4. The lowest BCUT2D eigenvalue weighted by Crippen LogP contribution is -2.34. The summed E-state index contributed by atoms with van der Waals surface area (Å²) in [6, 6.07) is -1.31. The van der Waals surface area contributed by atoms with Gasteiger partial charge in [0.15, 0.2) is 0 Å². The predicted octanol–water partition coefficient (Wildman–Crippen LogP) is -1.90. The van der Waals surface area contributed by atoms with E-state index < -0.39 is 24.4 Å². The molecule has 0 aliphatic rings. The third-order valence-corrected chi connectivity index (χ3v) is 1.03. The molecule has 0 aliphatic heterocycles. The average molecular weight is 189 g/mol. The molecule has 0 amide bonds. The second kappa shape index (κ2) is 5.84. The number of ether oxygens (including phenoxy) is 2. The maximum absolute atomic E-state index is 10.6. The van der Waals surface area contributed by atoms with Crippen LogP contribution in [0.15, 0.2) is 0 Å². The van der Waals surface area contributed by atoms with Crippen molar-refractivity contribution in [2.24, 2.45) is 5.73 Å². The van der Waals surface area contributed by atoms with E-state index in [0.717, 1.165) is 0 Å². The fourth-order valence-corrected chi connectivity index (χ4v) is 0.499. The van der Waals surface area contributed by atoms with Gasteiger partial charge < -0.3 is 15.2 Å². The first-order valence-electron chi connectivity index (χ1n) is 3.14. The molecule has 0 aromatic rings. The van der Waals surface area contributed by atoms with Crippen molar-refractivity contribution in [3.8, 4) is 0 Å². The summed E-state index contributed by atoms with van der Waals surface area (Å²) < 4.78 is 7.69. The summed E-state index contributed by atoms with van der Waals surface area (Å²) in [5.74, 6) is -2.02. The molecule has 13 heavy (non-hydrogen) atoms. The topological polar surface area (TPSA) is 113 Å². The molecule has 0 saturated carbocycles. The highest BCUT2D eigenvalue weighted by Crippen LogP contribution is 1.93. The highest BCUT2D eigenvalue weighted by Gasteiger charge is 2.19. The number of esters is 2. The molecule has 0 unspecified atom stereocenters. The minimum atomic E-state index is -1.31. The van der Waals surface area contributed by atoms with Crippen LogP contribution in [-0.4, -0.2) is 30.9 Å². The highest BCUT2D eigenvalue weighted by molar-refractivity contribution is 5.87. The van der Waals surface area contributed by atoms with E-state index in [9.17, 15) is 19.2 Å². The average Bonchev–Trinajstić information content (AvgIpc) is 2.05. The first-order chi connectivity index (χ1) is 6.11. The zero-order chi connectivity index (χ0) is 10.3. The molecule has 7 nitrogen and oxygen atoms in total. The molecule has 0 saturated heterocycles. The van der Waals surface area contributed by atoms with Gasteiger partial charge in [0.25, 0.3) is 0 Å². The fraction of sp³-hybridized carbons (Fsp3) is 0.333. The molecule has 0 aromatic carbocycles. The Morgan fingerprint density at radius 1 is 1.23 bits per heavy atom. The van der Waals surface area contributed by atoms with Crippen molar-refractivity contribution in [1.82, 2.24) is 0 Å². The van der Waals surface area contributed by atoms with Crippen LogP contribution in [0.5, 0.6) is 0 Å². The number of carbonyl (C=O) groups is 4. The van der Waals surface area contributed by atoms with Gasteiger partial charge in [-0.2, -0.15) is 0 Å². The lowest BCUT2D eigenvalue weighted by molar-refractivity contribution is -0.158. The van der Waals surface area contributed by atoms with Crippen molar-refractivity contribution in [3.05, 3.63) is 0 Å². The molecule has 72 valence electrons. The standard InChI is InChI=1S/C6H7NO6/c7-4(6(11)13-3-9)1-5(10)12-2-8/h2-4H,1,7H2/t4-/m0/s1. The van der Waals surface area contributed by atoms with Crippen LogP contribution in [0, 0.1) is 0 Å². The molecule has 0 fully saturated rings. The van der Waals surface area contributed by atoms with E-state index in [1.807, 2.05) is 0 Å². The van der Waals surface area contributed by atoms with E-state index in [2.05, 4.69) is 9.47 Å². The van der Waals surface area contributed by atoms with Gasteiger partial charge in [0.05, 0.1) is 6.42 Å². The van der Waals surface area contributed by atoms with Gasteiger partial charge >= 0.3 is 24.9 Å². The molecule has 2 N–H and O–H groups in total. The van der Waals surface area contributed by atoms with Gasteiger partial charge in [-0.1, -0.05) is 0 Å². The van der Waals surface area contributed by atoms with E-state index in [4.69, 9.17) is 5.73 Å². The van der Waals surface area contributed by atoms with Crippen LogP contribution < -0.4 is 5.73 Å². The zero-order valence-corrected chi connectivity index (χ0v) is 6.47. The van der Waals surface area contributed by atoms with Crippen molar-refractivity contribution in [1.29, 1.82) is 0 Å². The van der Waals surface area contributed by atoms with Crippen molar-refractivity contribution in [2.45, 2.75) is 12.5 Å². The summed E-state index contributed by atoms with van der Waals surface area (Å²) in [4.78, 5) is 40.4. The van der Waals surface area contributed by atoms with Gasteiger partial charge in [0.2, 0.25) is 0 Å². The Morgan fingerprint density at radius 3 is 2.23 bits per heavy atom. The smallest absolute Gasteiger partial charge is 0.330 e. The molecule has 0 heterocycles. The van der Waals surface area contributed by atoms with E-state index in [0.29, 0.717) is 0 Å². The summed E-state index contributed by atoms with van der Waals surface area (Å²) in [7, 11) is 0. The van der Waals surface area contributed by atoms with Crippen molar-refractivity contribution >= 4 is 24.9 Å². The summed E-state index contributed by atoms with van der Waals surface area (Å²) in [5, 5.41) is 0. The summed E-state index contributed by atoms with van der Waals surface area (Å²) in [6.07, 6.45) is -0.522. The Balaban J connectivity index is 3.90. The fourth-order valence-electron chi connectivity index (χ4n) is 0.499. The molecular weight excluding hydrogens is 182 g/mol. The quantitative estimate of drug-likeness (QED) is 0.305. The number of hydrogen-bond acceptors (Lipinski definition) is 7. The maximum atomic E-state index is 10.6. The minimum Gasteiger partial charge on any atom is -0.395 e. The summed E-state index contributed by atoms with van der Waals surface area (Å²) >= 11 is 0. The molecule has 0 aliphatic carbocycles. The molecular formula is C6H7NO6. The SMILES string of the molecule is N[C@@H](CC(=O)OC=O)C(=O)OC=O. The van der Waals surface area contributed by atoms with Crippen LogP contribution in [0.4, 0.5) is 0 Å². The summed E-state index contributed by atoms with van der Waals surface area (Å²) in [5.41, 5.74) is 5.08. The van der Waals surface area contributed by atoms with Gasteiger partial charge in [-0.05, 0) is 0 Å². The van der Waals surface area contributed by atoms with Crippen molar-refractivity contribution < 1.29 is 28.7 Å². The molecule has 7 heteroatoms. The molecule has 0 radical (unpaired) electrons. The maximum Gasteiger partial charge on any atom is 0.330 e. The molecule has 0 spiro atoms. The van der Waals surface area contributed by atoms with Crippen LogP contribution in [0.2, 0.25) is 0 Å². The first kappa shape index (κ1) is 11.2. The Bertz CT molecular complexity index is 225. The minimum absolute atomic E-state index is 0.0832. The molecule has 0 aromatic heterocycles. The number of hydrogen-bond donors (Lipinski definition) is 1. The Labute approximate surface area is 72.8 Å². The van der Waals surface area contributed by atoms with Gasteiger partial charge in [-0.15, -0.1) is 0 Å². The van der Waals surface area contributed by atoms with Crippen molar-refractivity contribution in [2.75, 3.05) is 0 Å². The second-order valence-electron chi connectivity index (χ2n) is 1.93. The normalized spacial score (nSPS) is 11.2. The lowest BCUT2D eigenvalue weighted by Gasteiger charge is -2.04. The van der Waals surface area contributed by atoms with E-state index in [1.165, 1.54) is 0 Å². The monoisotopic (exact) mass is 189 g/mol. The third kappa shape index (κ3) is 4.64. The second-order valence-corrected chi connectivity index (χ2v) is 1.93. The van der Waals surface area contributed by atoms with Crippen LogP contribution in [0.1, 0.15) is 6.42 Å². The van der Waals surface area contributed by atoms with Crippen LogP contribution >= 0.6 is 0 Å². The van der Waals surface area contributed by atoms with E-state index in [1.54, 1.807) is 0 Å². The highest BCUT2D eigenvalue weighted by atomic mass is 16.6. The van der Waals surface area contributed by atoms with Crippen LogP contribution in [-0.2, 0) is 28.7 Å². The predicted molar refractivity (Wildman–Crippen MR) is 36.9 cm³/mol. The number of rotatable bonds is 5. The van der Waals surface area contributed by atoms with Gasteiger partial charge in [0.1, 0.15) is 6.04 Å². The zero-order valence-electron chi connectivity index (χ0n) is 6.47.